The Morgan fingerprint density at radius 1 is 1.32 bits per heavy atom. The maximum Gasteiger partial charge on any atom is 0.0834 e. The molecule has 0 aliphatic rings. The summed E-state index contributed by atoms with van der Waals surface area (Å²) in [6.07, 6.45) is 7.83. The molecule has 1 aromatic rings. The second-order valence-corrected chi connectivity index (χ2v) is 5.65. The Kier molecular flexibility index (Phi) is 7.47. The second-order valence-electron chi connectivity index (χ2n) is 5.24. The Morgan fingerprint density at radius 2 is 2.05 bits per heavy atom. The summed E-state index contributed by atoms with van der Waals surface area (Å²) in [6.45, 7) is 7.74. The predicted molar refractivity (Wildman–Crippen MR) is 82.6 cm³/mol. The van der Waals surface area contributed by atoms with Crippen LogP contribution in [0.3, 0.4) is 0 Å². The Balaban J connectivity index is 2.92. The van der Waals surface area contributed by atoms with Crippen LogP contribution in [0.1, 0.15) is 64.6 Å². The molecule has 0 fully saturated rings. The van der Waals surface area contributed by atoms with Crippen LogP contribution in [0, 0.1) is 5.92 Å². The van der Waals surface area contributed by atoms with E-state index in [0.717, 1.165) is 23.7 Å². The molecule has 2 unspecified atom stereocenters. The largest absolute Gasteiger partial charge is 0.308 e. The SMILES string of the molecule is CCCCC(CC)C(NCCC)c1c(Cl)cnn1C. The fourth-order valence-corrected chi connectivity index (χ4v) is 2.91. The first kappa shape index (κ1) is 16.5. The highest BCUT2D eigenvalue weighted by Gasteiger charge is 2.25. The summed E-state index contributed by atoms with van der Waals surface area (Å²) in [6, 6.07) is 0.316. The number of hydrogen-bond acceptors (Lipinski definition) is 2. The highest BCUT2D eigenvalue weighted by atomic mass is 35.5. The van der Waals surface area contributed by atoms with Gasteiger partial charge in [0.2, 0.25) is 0 Å². The molecular weight excluding hydrogens is 258 g/mol. The fourth-order valence-electron chi connectivity index (χ4n) is 2.63. The summed E-state index contributed by atoms with van der Waals surface area (Å²) in [5.74, 6) is 0.624. The number of nitrogens with one attached hydrogen (secondary N) is 1. The zero-order valence-corrected chi connectivity index (χ0v) is 13.5. The first-order valence-corrected chi connectivity index (χ1v) is 7.94. The van der Waals surface area contributed by atoms with Gasteiger partial charge >= 0.3 is 0 Å². The van der Waals surface area contributed by atoms with Gasteiger partial charge in [-0.25, -0.2) is 0 Å². The molecule has 1 heterocycles. The zero-order valence-electron chi connectivity index (χ0n) is 12.7. The molecule has 1 rings (SSSR count). The van der Waals surface area contributed by atoms with Gasteiger partial charge in [-0.15, -0.1) is 0 Å². The monoisotopic (exact) mass is 285 g/mol. The van der Waals surface area contributed by atoms with E-state index in [0.29, 0.717) is 12.0 Å². The average Bonchev–Trinajstić information content (AvgIpc) is 2.74. The number of unbranched alkanes of at least 4 members (excludes halogenated alkanes) is 1. The van der Waals surface area contributed by atoms with Crippen molar-refractivity contribution in [3.8, 4) is 0 Å². The maximum absolute atomic E-state index is 6.33. The molecule has 0 bridgehead atoms. The standard InChI is InChI=1S/C15H28ClN3/c1-5-8-9-12(7-3)14(17-10-6-2)15-13(16)11-18-19(15)4/h11-12,14,17H,5-10H2,1-4H3. The van der Waals surface area contributed by atoms with Crippen LogP contribution in [0.2, 0.25) is 5.02 Å². The topological polar surface area (TPSA) is 29.9 Å². The minimum atomic E-state index is 0.316. The molecule has 0 saturated carbocycles. The molecule has 1 aromatic heterocycles. The molecule has 0 amide bonds. The first-order chi connectivity index (χ1) is 9.15. The lowest BCUT2D eigenvalue weighted by atomic mass is 9.89. The Labute approximate surface area is 122 Å². The number of rotatable bonds is 9. The van der Waals surface area contributed by atoms with Crippen LogP contribution in [-0.4, -0.2) is 16.3 Å². The van der Waals surface area contributed by atoms with Gasteiger partial charge in [0.15, 0.2) is 0 Å². The van der Waals surface area contributed by atoms with Crippen LogP contribution in [-0.2, 0) is 7.05 Å². The summed E-state index contributed by atoms with van der Waals surface area (Å²) >= 11 is 6.33. The molecule has 1 N–H and O–H groups in total. The van der Waals surface area contributed by atoms with Crippen molar-refractivity contribution in [1.82, 2.24) is 15.1 Å². The van der Waals surface area contributed by atoms with Crippen molar-refractivity contribution in [1.29, 1.82) is 0 Å². The third-order valence-electron chi connectivity index (χ3n) is 3.77. The minimum absolute atomic E-state index is 0.316. The molecule has 0 aliphatic heterocycles. The molecule has 0 aliphatic carbocycles. The molecule has 0 aromatic carbocycles. The summed E-state index contributed by atoms with van der Waals surface area (Å²) in [7, 11) is 1.98. The van der Waals surface area contributed by atoms with Crippen LogP contribution in [0.4, 0.5) is 0 Å². The summed E-state index contributed by atoms with van der Waals surface area (Å²) < 4.78 is 1.92. The molecule has 2 atom stereocenters. The van der Waals surface area contributed by atoms with Gasteiger partial charge in [0.1, 0.15) is 0 Å². The van der Waals surface area contributed by atoms with Crippen molar-refractivity contribution in [2.75, 3.05) is 6.54 Å². The van der Waals surface area contributed by atoms with E-state index >= 15 is 0 Å². The number of halogens is 1. The van der Waals surface area contributed by atoms with Crippen LogP contribution < -0.4 is 5.32 Å². The van der Waals surface area contributed by atoms with E-state index in [1.54, 1.807) is 6.20 Å². The van der Waals surface area contributed by atoms with Crippen molar-refractivity contribution in [2.24, 2.45) is 13.0 Å². The number of nitrogens with zero attached hydrogens (tertiary/aromatic N) is 2. The van der Waals surface area contributed by atoms with E-state index in [1.807, 2.05) is 11.7 Å². The van der Waals surface area contributed by atoms with Gasteiger partial charge in [0.25, 0.3) is 0 Å². The molecule has 0 saturated heterocycles. The molecule has 0 radical (unpaired) electrons. The van der Waals surface area contributed by atoms with Gasteiger partial charge in [0.05, 0.1) is 23.0 Å². The number of hydrogen-bond donors (Lipinski definition) is 1. The number of aromatic nitrogens is 2. The number of aryl methyl sites for hydroxylation is 1. The lowest BCUT2D eigenvalue weighted by Crippen LogP contribution is -2.31. The van der Waals surface area contributed by atoms with Crippen LogP contribution in [0.25, 0.3) is 0 Å². The van der Waals surface area contributed by atoms with Crippen molar-refractivity contribution in [3.05, 3.63) is 16.9 Å². The quantitative estimate of drug-likeness (QED) is 0.732. The van der Waals surface area contributed by atoms with Gasteiger partial charge < -0.3 is 5.32 Å². The van der Waals surface area contributed by atoms with Crippen LogP contribution in [0.5, 0.6) is 0 Å². The minimum Gasteiger partial charge on any atom is -0.308 e. The Bertz CT molecular complexity index is 343. The fraction of sp³-hybridized carbons (Fsp3) is 0.800. The van der Waals surface area contributed by atoms with Crippen molar-refractivity contribution in [2.45, 2.75) is 58.9 Å². The van der Waals surface area contributed by atoms with Crippen LogP contribution >= 0.6 is 11.6 Å². The van der Waals surface area contributed by atoms with E-state index in [4.69, 9.17) is 11.6 Å². The van der Waals surface area contributed by atoms with E-state index < -0.39 is 0 Å². The molecule has 4 heteroatoms. The normalized spacial score (nSPS) is 14.6. The lowest BCUT2D eigenvalue weighted by molar-refractivity contribution is 0.311. The van der Waals surface area contributed by atoms with E-state index in [1.165, 1.54) is 25.7 Å². The van der Waals surface area contributed by atoms with Crippen LogP contribution in [0.15, 0.2) is 6.20 Å². The molecule has 110 valence electrons. The molecule has 3 nitrogen and oxygen atoms in total. The summed E-state index contributed by atoms with van der Waals surface area (Å²) in [5, 5.41) is 8.74. The predicted octanol–water partition coefficient (Wildman–Crippen LogP) is 4.33. The van der Waals surface area contributed by atoms with Gasteiger partial charge in [-0.05, 0) is 25.3 Å². The highest BCUT2D eigenvalue weighted by Crippen LogP contribution is 2.32. The van der Waals surface area contributed by atoms with E-state index in [2.05, 4.69) is 31.2 Å². The second kappa shape index (κ2) is 8.60. The van der Waals surface area contributed by atoms with E-state index in [-0.39, 0.29) is 0 Å². The van der Waals surface area contributed by atoms with Gasteiger partial charge in [-0.1, -0.05) is 51.6 Å². The lowest BCUT2D eigenvalue weighted by Gasteiger charge is -2.28. The van der Waals surface area contributed by atoms with Crippen molar-refractivity contribution >= 4 is 11.6 Å². The third kappa shape index (κ3) is 4.50. The molecular formula is C15H28ClN3. The van der Waals surface area contributed by atoms with Crippen molar-refractivity contribution < 1.29 is 0 Å². The Morgan fingerprint density at radius 3 is 2.53 bits per heavy atom. The molecule has 0 spiro atoms. The maximum atomic E-state index is 6.33. The van der Waals surface area contributed by atoms with Gasteiger partial charge in [-0.3, -0.25) is 4.68 Å². The van der Waals surface area contributed by atoms with Gasteiger partial charge in [0, 0.05) is 7.05 Å². The Hall–Kier alpha value is -0.540. The average molecular weight is 286 g/mol. The smallest absolute Gasteiger partial charge is 0.0834 e. The third-order valence-corrected chi connectivity index (χ3v) is 4.06. The van der Waals surface area contributed by atoms with Crippen molar-refractivity contribution in [3.63, 3.8) is 0 Å². The zero-order chi connectivity index (χ0) is 14.3. The molecule has 19 heavy (non-hydrogen) atoms. The first-order valence-electron chi connectivity index (χ1n) is 7.56. The highest BCUT2D eigenvalue weighted by molar-refractivity contribution is 6.31. The van der Waals surface area contributed by atoms with Gasteiger partial charge in [-0.2, -0.15) is 5.10 Å². The summed E-state index contributed by atoms with van der Waals surface area (Å²) in [4.78, 5) is 0. The summed E-state index contributed by atoms with van der Waals surface area (Å²) in [5.41, 5.74) is 1.14. The van der Waals surface area contributed by atoms with E-state index in [9.17, 15) is 0 Å².